The van der Waals surface area contributed by atoms with Gasteiger partial charge in [-0.25, -0.2) is 0 Å². The molecule has 2 aliphatic rings. The van der Waals surface area contributed by atoms with E-state index < -0.39 is 0 Å². The predicted molar refractivity (Wildman–Crippen MR) is 71.1 cm³/mol. The highest BCUT2D eigenvalue weighted by Crippen LogP contribution is 2.33. The number of ether oxygens (including phenoxy) is 2. The van der Waals surface area contributed by atoms with Gasteiger partial charge in [-0.1, -0.05) is 31.4 Å². The van der Waals surface area contributed by atoms with Crippen molar-refractivity contribution in [3.05, 3.63) is 23.8 Å². The van der Waals surface area contributed by atoms with Gasteiger partial charge in [0.15, 0.2) is 11.5 Å². The molecular weight excluding hydrogens is 226 g/mol. The Morgan fingerprint density at radius 3 is 2.89 bits per heavy atom. The van der Waals surface area contributed by atoms with Crippen LogP contribution in [0.5, 0.6) is 11.5 Å². The molecule has 1 aromatic carbocycles. The lowest BCUT2D eigenvalue weighted by Gasteiger charge is -2.25. The molecule has 1 fully saturated rings. The third-order valence-electron chi connectivity index (χ3n) is 3.92. The van der Waals surface area contributed by atoms with Crippen molar-refractivity contribution in [1.29, 1.82) is 0 Å². The van der Waals surface area contributed by atoms with Crippen LogP contribution < -0.4 is 14.8 Å². The van der Waals surface area contributed by atoms with Crippen LogP contribution in [0.1, 0.15) is 31.2 Å². The monoisotopic (exact) mass is 247 g/mol. The quantitative estimate of drug-likeness (QED) is 0.812. The van der Waals surface area contributed by atoms with Gasteiger partial charge in [0.25, 0.3) is 0 Å². The Morgan fingerprint density at radius 2 is 2.06 bits per heavy atom. The average Bonchev–Trinajstić information content (AvgIpc) is 2.36. The smallest absolute Gasteiger partial charge is 0.165 e. The second-order valence-electron chi connectivity index (χ2n) is 5.20. The van der Waals surface area contributed by atoms with Crippen LogP contribution in [0.3, 0.4) is 0 Å². The normalized spacial score (nSPS) is 18.4. The number of para-hydroxylation sites is 1. The maximum Gasteiger partial charge on any atom is 0.165 e. The maximum atomic E-state index is 5.70. The number of rotatable bonds is 5. The van der Waals surface area contributed by atoms with Crippen molar-refractivity contribution >= 4 is 0 Å². The molecule has 1 N–H and O–H groups in total. The van der Waals surface area contributed by atoms with Gasteiger partial charge in [-0.15, -0.1) is 0 Å². The Labute approximate surface area is 108 Å². The molecule has 3 nitrogen and oxygen atoms in total. The molecule has 0 radical (unpaired) electrons. The number of fused-ring (bicyclic) bond motifs is 1. The van der Waals surface area contributed by atoms with Crippen LogP contribution in [0.4, 0.5) is 0 Å². The molecule has 98 valence electrons. The van der Waals surface area contributed by atoms with Crippen molar-refractivity contribution in [2.24, 2.45) is 5.92 Å². The number of hydrogen-bond acceptors (Lipinski definition) is 3. The second kappa shape index (κ2) is 5.61. The Kier molecular flexibility index (Phi) is 3.69. The summed E-state index contributed by atoms with van der Waals surface area (Å²) in [6.45, 7) is 3.30. The van der Waals surface area contributed by atoms with Crippen molar-refractivity contribution in [2.75, 3.05) is 19.8 Å². The summed E-state index contributed by atoms with van der Waals surface area (Å²) in [5, 5.41) is 3.52. The fraction of sp³-hybridized carbons (Fsp3) is 0.600. The van der Waals surface area contributed by atoms with Crippen LogP contribution in [-0.4, -0.2) is 19.8 Å². The Morgan fingerprint density at radius 1 is 1.17 bits per heavy atom. The summed E-state index contributed by atoms with van der Waals surface area (Å²) in [6.07, 6.45) is 5.60. The third-order valence-corrected chi connectivity index (χ3v) is 3.92. The van der Waals surface area contributed by atoms with Gasteiger partial charge in [-0.05, 0) is 24.9 Å². The number of benzene rings is 1. The molecule has 0 saturated heterocycles. The van der Waals surface area contributed by atoms with Gasteiger partial charge < -0.3 is 14.8 Å². The fourth-order valence-corrected chi connectivity index (χ4v) is 2.58. The minimum Gasteiger partial charge on any atom is -0.486 e. The van der Waals surface area contributed by atoms with E-state index in [0.29, 0.717) is 13.2 Å². The van der Waals surface area contributed by atoms with E-state index in [1.54, 1.807) is 0 Å². The summed E-state index contributed by atoms with van der Waals surface area (Å²) in [4.78, 5) is 0. The zero-order chi connectivity index (χ0) is 12.2. The number of hydrogen-bond donors (Lipinski definition) is 1. The van der Waals surface area contributed by atoms with Gasteiger partial charge in [0.2, 0.25) is 0 Å². The highest BCUT2D eigenvalue weighted by molar-refractivity contribution is 5.47. The molecule has 0 spiro atoms. The molecule has 0 bridgehead atoms. The standard InChI is InChI=1S/C15H21NO2/c1-3-12(4-1)7-8-16-11-13-5-2-6-14-15(13)18-10-9-17-14/h2,5-6,12,16H,1,3-4,7-11H2. The lowest BCUT2D eigenvalue weighted by atomic mass is 9.83. The van der Waals surface area contributed by atoms with E-state index in [9.17, 15) is 0 Å². The highest BCUT2D eigenvalue weighted by atomic mass is 16.6. The lowest BCUT2D eigenvalue weighted by Crippen LogP contribution is -2.22. The van der Waals surface area contributed by atoms with Gasteiger partial charge in [0.05, 0.1) is 0 Å². The molecule has 1 saturated carbocycles. The third kappa shape index (κ3) is 2.61. The van der Waals surface area contributed by atoms with Crippen molar-refractivity contribution in [1.82, 2.24) is 5.32 Å². The minimum atomic E-state index is 0.658. The summed E-state index contributed by atoms with van der Waals surface area (Å²) in [6, 6.07) is 6.13. The Bertz CT molecular complexity index is 401. The topological polar surface area (TPSA) is 30.5 Å². The molecule has 1 aromatic rings. The molecule has 0 amide bonds. The molecule has 0 aromatic heterocycles. The van der Waals surface area contributed by atoms with Crippen LogP contribution >= 0.6 is 0 Å². The van der Waals surface area contributed by atoms with Crippen LogP contribution in [0, 0.1) is 5.92 Å². The molecule has 0 unspecified atom stereocenters. The van der Waals surface area contributed by atoms with Gasteiger partial charge in [-0.2, -0.15) is 0 Å². The second-order valence-corrected chi connectivity index (χ2v) is 5.20. The van der Waals surface area contributed by atoms with Crippen LogP contribution in [0.15, 0.2) is 18.2 Å². The fourth-order valence-electron chi connectivity index (χ4n) is 2.58. The van der Waals surface area contributed by atoms with E-state index in [1.165, 1.54) is 31.2 Å². The molecule has 3 rings (SSSR count). The van der Waals surface area contributed by atoms with Crippen LogP contribution in [0.25, 0.3) is 0 Å². The summed E-state index contributed by atoms with van der Waals surface area (Å²) in [5.41, 5.74) is 1.21. The molecule has 3 heteroatoms. The first-order chi connectivity index (χ1) is 8.93. The van der Waals surface area contributed by atoms with E-state index in [4.69, 9.17) is 9.47 Å². The zero-order valence-electron chi connectivity index (χ0n) is 10.8. The van der Waals surface area contributed by atoms with E-state index in [-0.39, 0.29) is 0 Å². The van der Waals surface area contributed by atoms with Gasteiger partial charge in [0.1, 0.15) is 13.2 Å². The molecule has 1 aliphatic heterocycles. The summed E-state index contributed by atoms with van der Waals surface area (Å²) >= 11 is 0. The lowest BCUT2D eigenvalue weighted by molar-refractivity contribution is 0.169. The molecular formula is C15H21NO2. The first-order valence-electron chi connectivity index (χ1n) is 7.02. The van der Waals surface area contributed by atoms with Gasteiger partial charge in [-0.3, -0.25) is 0 Å². The highest BCUT2D eigenvalue weighted by Gasteiger charge is 2.17. The van der Waals surface area contributed by atoms with Crippen molar-refractivity contribution < 1.29 is 9.47 Å². The first-order valence-corrected chi connectivity index (χ1v) is 7.02. The Balaban J connectivity index is 1.52. The molecule has 1 heterocycles. The van der Waals surface area contributed by atoms with Crippen LogP contribution in [-0.2, 0) is 6.54 Å². The summed E-state index contributed by atoms with van der Waals surface area (Å²) in [7, 11) is 0. The van der Waals surface area contributed by atoms with Gasteiger partial charge >= 0.3 is 0 Å². The maximum absolute atomic E-state index is 5.70. The predicted octanol–water partition coefficient (Wildman–Crippen LogP) is 2.74. The molecule has 18 heavy (non-hydrogen) atoms. The molecule has 0 atom stereocenters. The van der Waals surface area contributed by atoms with Crippen molar-refractivity contribution in [3.63, 3.8) is 0 Å². The first kappa shape index (κ1) is 11.8. The zero-order valence-corrected chi connectivity index (χ0v) is 10.8. The summed E-state index contributed by atoms with van der Waals surface area (Å²) < 4.78 is 11.3. The molecule has 1 aliphatic carbocycles. The largest absolute Gasteiger partial charge is 0.486 e. The van der Waals surface area contributed by atoms with E-state index in [2.05, 4.69) is 11.4 Å². The van der Waals surface area contributed by atoms with Crippen molar-refractivity contribution in [2.45, 2.75) is 32.2 Å². The van der Waals surface area contributed by atoms with Crippen LogP contribution in [0.2, 0.25) is 0 Å². The summed E-state index contributed by atoms with van der Waals surface area (Å²) in [5.74, 6) is 2.79. The van der Waals surface area contributed by atoms with Gasteiger partial charge in [0, 0.05) is 12.1 Å². The minimum absolute atomic E-state index is 0.658. The number of nitrogens with one attached hydrogen (secondary N) is 1. The van der Waals surface area contributed by atoms with E-state index >= 15 is 0 Å². The van der Waals surface area contributed by atoms with E-state index in [0.717, 1.165) is 30.5 Å². The SMILES string of the molecule is c1cc(CNCCC2CCC2)c2c(c1)OCCO2. The van der Waals surface area contributed by atoms with Crippen molar-refractivity contribution in [3.8, 4) is 11.5 Å². The van der Waals surface area contributed by atoms with E-state index in [1.807, 2.05) is 12.1 Å². The average molecular weight is 247 g/mol. The Hall–Kier alpha value is -1.22.